The molecular formula is C15H13BrN2O3. The number of pyridine rings is 1. The second kappa shape index (κ2) is 6.13. The molecule has 1 aliphatic heterocycles. The fraction of sp³-hybridized carbons (Fsp3) is 0.200. The lowest BCUT2D eigenvalue weighted by molar-refractivity contribution is 0.0949. The highest BCUT2D eigenvalue weighted by Crippen LogP contribution is 2.38. The van der Waals surface area contributed by atoms with Crippen molar-refractivity contribution in [2.24, 2.45) is 0 Å². The molecule has 0 unspecified atom stereocenters. The molecule has 21 heavy (non-hydrogen) atoms. The molecule has 6 heteroatoms. The third-order valence-electron chi connectivity index (χ3n) is 3.03. The number of hydrogen-bond acceptors (Lipinski definition) is 4. The van der Waals surface area contributed by atoms with Gasteiger partial charge in [0.2, 0.25) is 0 Å². The van der Waals surface area contributed by atoms with E-state index >= 15 is 0 Å². The van der Waals surface area contributed by atoms with Crippen LogP contribution in [0.4, 0.5) is 0 Å². The fourth-order valence-corrected chi connectivity index (χ4v) is 2.59. The molecule has 3 rings (SSSR count). The summed E-state index contributed by atoms with van der Waals surface area (Å²) in [6, 6.07) is 7.17. The zero-order chi connectivity index (χ0) is 14.7. The monoisotopic (exact) mass is 348 g/mol. The number of fused-ring (bicyclic) bond motifs is 1. The number of nitrogens with one attached hydrogen (secondary N) is 1. The van der Waals surface area contributed by atoms with E-state index in [-0.39, 0.29) is 5.91 Å². The van der Waals surface area contributed by atoms with Crippen molar-refractivity contribution in [3.63, 3.8) is 0 Å². The summed E-state index contributed by atoms with van der Waals surface area (Å²) in [4.78, 5) is 16.2. The molecule has 0 bridgehead atoms. The number of carbonyl (C=O) groups is 1. The Morgan fingerprint density at radius 3 is 3.00 bits per heavy atom. The number of benzene rings is 1. The zero-order valence-electron chi connectivity index (χ0n) is 11.1. The summed E-state index contributed by atoms with van der Waals surface area (Å²) in [6.07, 6.45) is 3.42. The fourth-order valence-electron chi connectivity index (χ4n) is 2.03. The first-order valence-electron chi connectivity index (χ1n) is 6.50. The predicted molar refractivity (Wildman–Crippen MR) is 80.5 cm³/mol. The molecular weight excluding hydrogens is 336 g/mol. The number of carbonyl (C=O) groups excluding carboxylic acids is 1. The van der Waals surface area contributed by atoms with E-state index in [1.165, 1.54) is 0 Å². The van der Waals surface area contributed by atoms with Gasteiger partial charge in [0, 0.05) is 24.5 Å². The van der Waals surface area contributed by atoms with Crippen LogP contribution in [0.3, 0.4) is 0 Å². The maximum Gasteiger partial charge on any atom is 0.251 e. The molecule has 0 spiro atoms. The van der Waals surface area contributed by atoms with Gasteiger partial charge in [-0.2, -0.15) is 0 Å². The molecule has 1 amide bonds. The van der Waals surface area contributed by atoms with Gasteiger partial charge in [0.25, 0.3) is 5.91 Å². The lowest BCUT2D eigenvalue weighted by Gasteiger charge is -2.20. The van der Waals surface area contributed by atoms with Gasteiger partial charge in [0.15, 0.2) is 11.5 Å². The minimum atomic E-state index is -0.170. The van der Waals surface area contributed by atoms with Crippen molar-refractivity contribution in [3.05, 3.63) is 52.3 Å². The van der Waals surface area contributed by atoms with Crippen molar-refractivity contribution in [1.82, 2.24) is 10.3 Å². The SMILES string of the molecule is O=C(NCc1cccnc1)c1cc(Br)c2c(c1)OCCO2. The van der Waals surface area contributed by atoms with Crippen LogP contribution in [0.1, 0.15) is 15.9 Å². The quantitative estimate of drug-likeness (QED) is 0.925. The molecule has 1 N–H and O–H groups in total. The minimum absolute atomic E-state index is 0.170. The second-order valence-electron chi connectivity index (χ2n) is 4.53. The highest BCUT2D eigenvalue weighted by molar-refractivity contribution is 9.10. The van der Waals surface area contributed by atoms with E-state index in [4.69, 9.17) is 9.47 Å². The lowest BCUT2D eigenvalue weighted by atomic mass is 10.1. The largest absolute Gasteiger partial charge is 0.486 e. The average Bonchev–Trinajstić information content (AvgIpc) is 2.53. The molecule has 0 fully saturated rings. The van der Waals surface area contributed by atoms with Crippen LogP contribution in [0.25, 0.3) is 0 Å². The molecule has 1 aromatic carbocycles. The van der Waals surface area contributed by atoms with Crippen LogP contribution < -0.4 is 14.8 Å². The highest BCUT2D eigenvalue weighted by Gasteiger charge is 2.18. The molecule has 0 radical (unpaired) electrons. The van der Waals surface area contributed by atoms with Crippen molar-refractivity contribution in [2.75, 3.05) is 13.2 Å². The zero-order valence-corrected chi connectivity index (χ0v) is 12.7. The van der Waals surface area contributed by atoms with E-state index in [1.807, 2.05) is 12.1 Å². The van der Waals surface area contributed by atoms with Crippen LogP contribution >= 0.6 is 15.9 Å². The maximum absolute atomic E-state index is 12.2. The summed E-state index contributed by atoms with van der Waals surface area (Å²) < 4.78 is 11.7. The summed E-state index contributed by atoms with van der Waals surface area (Å²) in [5.41, 5.74) is 1.47. The number of hydrogen-bond donors (Lipinski definition) is 1. The van der Waals surface area contributed by atoms with Gasteiger partial charge in [-0.3, -0.25) is 9.78 Å². The van der Waals surface area contributed by atoms with Gasteiger partial charge in [0.05, 0.1) is 4.47 Å². The molecule has 2 aromatic rings. The summed E-state index contributed by atoms with van der Waals surface area (Å²) in [6.45, 7) is 1.43. The van der Waals surface area contributed by atoms with E-state index in [9.17, 15) is 4.79 Å². The first kappa shape index (κ1) is 13.9. The summed E-state index contributed by atoms with van der Waals surface area (Å²) in [5.74, 6) is 1.06. The first-order chi connectivity index (χ1) is 10.2. The number of rotatable bonds is 3. The molecule has 0 saturated carbocycles. The topological polar surface area (TPSA) is 60.5 Å². The average molecular weight is 349 g/mol. The van der Waals surface area contributed by atoms with Crippen LogP contribution in [0.5, 0.6) is 11.5 Å². The Labute approximate surface area is 130 Å². The molecule has 5 nitrogen and oxygen atoms in total. The van der Waals surface area contributed by atoms with Crippen LogP contribution in [-0.4, -0.2) is 24.1 Å². The molecule has 1 aliphatic rings. The van der Waals surface area contributed by atoms with Crippen molar-refractivity contribution in [3.8, 4) is 11.5 Å². The molecule has 0 atom stereocenters. The smallest absolute Gasteiger partial charge is 0.251 e. The molecule has 1 aromatic heterocycles. The van der Waals surface area contributed by atoms with Crippen molar-refractivity contribution < 1.29 is 14.3 Å². The number of aromatic nitrogens is 1. The van der Waals surface area contributed by atoms with Crippen LogP contribution in [-0.2, 0) is 6.54 Å². The van der Waals surface area contributed by atoms with Gasteiger partial charge >= 0.3 is 0 Å². The third-order valence-corrected chi connectivity index (χ3v) is 3.62. The molecule has 2 heterocycles. The van der Waals surface area contributed by atoms with Gasteiger partial charge in [-0.25, -0.2) is 0 Å². The van der Waals surface area contributed by atoms with E-state index < -0.39 is 0 Å². The molecule has 0 saturated heterocycles. The van der Waals surface area contributed by atoms with Crippen molar-refractivity contribution in [2.45, 2.75) is 6.54 Å². The predicted octanol–water partition coefficient (Wildman–Crippen LogP) is 2.55. The Hall–Kier alpha value is -2.08. The third kappa shape index (κ3) is 3.16. The Morgan fingerprint density at radius 1 is 1.33 bits per heavy atom. The minimum Gasteiger partial charge on any atom is -0.486 e. The van der Waals surface area contributed by atoms with E-state index in [1.54, 1.807) is 24.5 Å². The Morgan fingerprint density at radius 2 is 2.19 bits per heavy atom. The van der Waals surface area contributed by atoms with Gasteiger partial charge in [-0.15, -0.1) is 0 Å². The van der Waals surface area contributed by atoms with Gasteiger partial charge in [-0.05, 0) is 39.7 Å². The Balaban J connectivity index is 1.74. The summed E-state index contributed by atoms with van der Waals surface area (Å²) >= 11 is 3.40. The van der Waals surface area contributed by atoms with Crippen LogP contribution in [0.15, 0.2) is 41.1 Å². The van der Waals surface area contributed by atoms with Crippen molar-refractivity contribution >= 4 is 21.8 Å². The standard InChI is InChI=1S/C15H13BrN2O3/c16-12-6-11(7-13-14(12)21-5-4-20-13)15(19)18-9-10-2-1-3-17-8-10/h1-3,6-8H,4-5,9H2,(H,18,19). The summed E-state index contributed by atoms with van der Waals surface area (Å²) in [5, 5.41) is 2.85. The number of nitrogens with zero attached hydrogens (tertiary/aromatic N) is 1. The normalized spacial score (nSPS) is 12.8. The van der Waals surface area contributed by atoms with E-state index in [2.05, 4.69) is 26.2 Å². The van der Waals surface area contributed by atoms with Gasteiger partial charge < -0.3 is 14.8 Å². The molecule has 0 aliphatic carbocycles. The number of ether oxygens (including phenoxy) is 2. The van der Waals surface area contributed by atoms with E-state index in [0.717, 1.165) is 5.56 Å². The Kier molecular flexibility index (Phi) is 4.06. The number of amides is 1. The lowest BCUT2D eigenvalue weighted by Crippen LogP contribution is -2.23. The van der Waals surface area contributed by atoms with Crippen LogP contribution in [0, 0.1) is 0 Å². The first-order valence-corrected chi connectivity index (χ1v) is 7.29. The second-order valence-corrected chi connectivity index (χ2v) is 5.38. The maximum atomic E-state index is 12.2. The van der Waals surface area contributed by atoms with Gasteiger partial charge in [-0.1, -0.05) is 6.07 Å². The van der Waals surface area contributed by atoms with Gasteiger partial charge in [0.1, 0.15) is 13.2 Å². The molecule has 108 valence electrons. The van der Waals surface area contributed by atoms with Crippen LogP contribution in [0.2, 0.25) is 0 Å². The summed E-state index contributed by atoms with van der Waals surface area (Å²) in [7, 11) is 0. The highest BCUT2D eigenvalue weighted by atomic mass is 79.9. The Bertz CT molecular complexity index is 661. The van der Waals surface area contributed by atoms with Crippen molar-refractivity contribution in [1.29, 1.82) is 0 Å². The number of halogens is 1. The van der Waals surface area contributed by atoms with E-state index in [0.29, 0.717) is 41.3 Å².